The lowest BCUT2D eigenvalue weighted by molar-refractivity contribution is 0.468. The van der Waals surface area contributed by atoms with Crippen molar-refractivity contribution in [3.63, 3.8) is 0 Å². The fourth-order valence-corrected chi connectivity index (χ4v) is 5.68. The molecular weight excluding hydrogens is 398 g/mol. The summed E-state index contributed by atoms with van der Waals surface area (Å²) in [4.78, 5) is 0. The largest absolute Gasteiger partial charge is 0.506 e. The monoisotopic (exact) mass is 411 g/mol. The molecule has 1 aliphatic rings. The Hall–Kier alpha value is 0.640. The summed E-state index contributed by atoms with van der Waals surface area (Å²) in [5.41, 5.74) is 1.17. The molecule has 1 heterocycles. The molecule has 0 radical (unpaired) electrons. The topological polar surface area (TPSA) is 32.3 Å². The molecule has 18 heavy (non-hydrogen) atoms. The van der Waals surface area contributed by atoms with Crippen LogP contribution in [0.4, 0.5) is 0 Å². The maximum Gasteiger partial charge on any atom is 0.143 e. The SMILES string of the molecule is Oc1c(Br)cc(CNCC2CSCCS2)cc1Br. The Kier molecular flexibility index (Phi) is 6.21. The Bertz CT molecular complexity index is 388. The summed E-state index contributed by atoms with van der Waals surface area (Å²) in [5, 5.41) is 13.9. The van der Waals surface area contributed by atoms with E-state index in [0.717, 1.165) is 27.3 Å². The maximum atomic E-state index is 9.64. The van der Waals surface area contributed by atoms with E-state index in [-0.39, 0.29) is 5.75 Å². The lowest BCUT2D eigenvalue weighted by Crippen LogP contribution is -2.28. The number of phenols is 1. The molecule has 0 aliphatic carbocycles. The second kappa shape index (κ2) is 7.43. The van der Waals surface area contributed by atoms with Gasteiger partial charge in [-0.15, -0.1) is 0 Å². The van der Waals surface area contributed by atoms with Gasteiger partial charge in [0.15, 0.2) is 0 Å². The van der Waals surface area contributed by atoms with Crippen molar-refractivity contribution in [2.45, 2.75) is 11.8 Å². The maximum absolute atomic E-state index is 9.64. The van der Waals surface area contributed by atoms with Gasteiger partial charge in [0.25, 0.3) is 0 Å². The van der Waals surface area contributed by atoms with Crippen molar-refractivity contribution in [2.24, 2.45) is 0 Å². The number of nitrogens with one attached hydrogen (secondary N) is 1. The van der Waals surface area contributed by atoms with E-state index >= 15 is 0 Å². The van der Waals surface area contributed by atoms with Gasteiger partial charge < -0.3 is 10.4 Å². The van der Waals surface area contributed by atoms with Crippen LogP contribution < -0.4 is 5.32 Å². The first-order valence-electron chi connectivity index (χ1n) is 5.74. The Balaban J connectivity index is 1.82. The molecule has 6 heteroatoms. The van der Waals surface area contributed by atoms with Crippen molar-refractivity contribution in [1.82, 2.24) is 5.32 Å². The van der Waals surface area contributed by atoms with Crippen LogP contribution in [-0.2, 0) is 6.54 Å². The third-order valence-electron chi connectivity index (χ3n) is 2.66. The van der Waals surface area contributed by atoms with E-state index in [1.54, 1.807) is 0 Å². The number of benzene rings is 1. The van der Waals surface area contributed by atoms with Gasteiger partial charge in [0.05, 0.1) is 8.95 Å². The lowest BCUT2D eigenvalue weighted by Gasteiger charge is -2.21. The van der Waals surface area contributed by atoms with Gasteiger partial charge in [-0.3, -0.25) is 0 Å². The highest BCUT2D eigenvalue weighted by Crippen LogP contribution is 2.33. The van der Waals surface area contributed by atoms with E-state index in [1.807, 2.05) is 23.9 Å². The molecule has 1 unspecified atom stereocenters. The van der Waals surface area contributed by atoms with Gasteiger partial charge in [-0.25, -0.2) is 0 Å². The van der Waals surface area contributed by atoms with Crippen LogP contribution in [-0.4, -0.2) is 34.2 Å². The van der Waals surface area contributed by atoms with Gasteiger partial charge in [-0.2, -0.15) is 23.5 Å². The zero-order chi connectivity index (χ0) is 13.0. The summed E-state index contributed by atoms with van der Waals surface area (Å²) in [6.07, 6.45) is 0. The average molecular weight is 413 g/mol. The summed E-state index contributed by atoms with van der Waals surface area (Å²) in [6, 6.07) is 3.91. The van der Waals surface area contributed by atoms with Gasteiger partial charge >= 0.3 is 0 Å². The van der Waals surface area contributed by atoms with Crippen LogP contribution >= 0.6 is 55.4 Å². The average Bonchev–Trinajstić information content (AvgIpc) is 2.37. The van der Waals surface area contributed by atoms with Gasteiger partial charge in [0, 0.05) is 35.6 Å². The van der Waals surface area contributed by atoms with Gasteiger partial charge in [-0.05, 0) is 49.6 Å². The van der Waals surface area contributed by atoms with Crippen molar-refractivity contribution in [1.29, 1.82) is 0 Å². The van der Waals surface area contributed by atoms with Gasteiger partial charge in [0.1, 0.15) is 5.75 Å². The van der Waals surface area contributed by atoms with E-state index < -0.39 is 0 Å². The molecule has 1 aromatic rings. The highest BCUT2D eigenvalue weighted by atomic mass is 79.9. The minimum Gasteiger partial charge on any atom is -0.506 e. The minimum atomic E-state index is 0.262. The van der Waals surface area contributed by atoms with E-state index in [1.165, 1.54) is 22.8 Å². The van der Waals surface area contributed by atoms with Crippen LogP contribution in [0.5, 0.6) is 5.75 Å². The van der Waals surface area contributed by atoms with E-state index in [2.05, 4.69) is 48.9 Å². The molecule has 1 saturated heterocycles. The van der Waals surface area contributed by atoms with Crippen LogP contribution in [0.2, 0.25) is 0 Å². The molecule has 1 atom stereocenters. The lowest BCUT2D eigenvalue weighted by atomic mass is 10.2. The third kappa shape index (κ3) is 4.34. The quantitative estimate of drug-likeness (QED) is 0.786. The molecular formula is C12H15Br2NOS2. The molecule has 0 amide bonds. The standard InChI is InChI=1S/C12H15Br2NOS2/c13-10-3-8(4-11(14)12(10)16)5-15-6-9-7-17-1-2-18-9/h3-4,9,15-16H,1-2,5-7H2. The number of hydrogen-bond acceptors (Lipinski definition) is 4. The predicted molar refractivity (Wildman–Crippen MR) is 88.8 cm³/mol. The van der Waals surface area contributed by atoms with Gasteiger partial charge in [-0.1, -0.05) is 0 Å². The molecule has 2 N–H and O–H groups in total. The highest BCUT2D eigenvalue weighted by molar-refractivity contribution is 9.11. The number of phenolic OH excluding ortho intramolecular Hbond substituents is 1. The Labute approximate surface area is 133 Å². The number of rotatable bonds is 4. The number of aromatic hydroxyl groups is 1. The molecule has 2 rings (SSSR count). The molecule has 1 aliphatic heterocycles. The van der Waals surface area contributed by atoms with E-state index in [4.69, 9.17) is 0 Å². The summed E-state index contributed by atoms with van der Waals surface area (Å²) in [5.74, 6) is 4.07. The number of hydrogen-bond donors (Lipinski definition) is 2. The molecule has 0 bridgehead atoms. The molecule has 1 fully saturated rings. The van der Waals surface area contributed by atoms with Crippen LogP contribution in [0.1, 0.15) is 5.56 Å². The second-order valence-corrected chi connectivity index (χ2v) is 8.37. The molecule has 1 aromatic carbocycles. The van der Waals surface area contributed by atoms with Crippen molar-refractivity contribution < 1.29 is 5.11 Å². The molecule has 2 nitrogen and oxygen atoms in total. The van der Waals surface area contributed by atoms with Crippen LogP contribution in [0.25, 0.3) is 0 Å². The second-order valence-electron chi connectivity index (χ2n) is 4.11. The number of thioether (sulfide) groups is 2. The zero-order valence-electron chi connectivity index (χ0n) is 9.79. The van der Waals surface area contributed by atoms with Crippen molar-refractivity contribution in [3.8, 4) is 5.75 Å². The van der Waals surface area contributed by atoms with Gasteiger partial charge in [0.2, 0.25) is 0 Å². The van der Waals surface area contributed by atoms with Crippen LogP contribution in [0, 0.1) is 0 Å². The predicted octanol–water partition coefficient (Wildman–Crippen LogP) is 3.86. The summed E-state index contributed by atoms with van der Waals surface area (Å²) in [7, 11) is 0. The molecule has 100 valence electrons. The normalized spacial score (nSPS) is 20.0. The highest BCUT2D eigenvalue weighted by Gasteiger charge is 2.13. The Morgan fingerprint density at radius 3 is 2.61 bits per heavy atom. The zero-order valence-corrected chi connectivity index (χ0v) is 14.6. The Morgan fingerprint density at radius 1 is 1.28 bits per heavy atom. The summed E-state index contributed by atoms with van der Waals surface area (Å²) in [6.45, 7) is 1.88. The van der Waals surface area contributed by atoms with Crippen LogP contribution in [0.3, 0.4) is 0 Å². The molecule has 0 saturated carbocycles. The van der Waals surface area contributed by atoms with E-state index in [9.17, 15) is 5.11 Å². The Morgan fingerprint density at radius 2 is 2.00 bits per heavy atom. The minimum absolute atomic E-state index is 0.262. The first-order chi connectivity index (χ1) is 8.66. The molecule has 0 spiro atoms. The summed E-state index contributed by atoms with van der Waals surface area (Å²) < 4.78 is 1.47. The number of halogens is 2. The van der Waals surface area contributed by atoms with Crippen molar-refractivity contribution in [3.05, 3.63) is 26.6 Å². The van der Waals surface area contributed by atoms with Crippen LogP contribution in [0.15, 0.2) is 21.1 Å². The summed E-state index contributed by atoms with van der Waals surface area (Å²) >= 11 is 10.8. The van der Waals surface area contributed by atoms with Crippen molar-refractivity contribution in [2.75, 3.05) is 23.8 Å². The van der Waals surface area contributed by atoms with Crippen molar-refractivity contribution >= 4 is 55.4 Å². The smallest absolute Gasteiger partial charge is 0.143 e. The third-order valence-corrected chi connectivity index (χ3v) is 6.72. The fourth-order valence-electron chi connectivity index (χ4n) is 1.75. The molecule has 0 aromatic heterocycles. The fraction of sp³-hybridized carbons (Fsp3) is 0.500. The first-order valence-corrected chi connectivity index (χ1v) is 9.52. The van der Waals surface area contributed by atoms with E-state index in [0.29, 0.717) is 0 Å². The first kappa shape index (κ1) is 15.0.